The van der Waals surface area contributed by atoms with Crippen LogP contribution in [0.5, 0.6) is 5.75 Å². The van der Waals surface area contributed by atoms with Crippen molar-refractivity contribution in [1.29, 1.82) is 0 Å². The number of rotatable bonds is 8. The molecule has 2 aromatic carbocycles. The lowest BCUT2D eigenvalue weighted by Crippen LogP contribution is -2.34. The summed E-state index contributed by atoms with van der Waals surface area (Å²) in [6.07, 6.45) is -0.815. The third-order valence-corrected chi connectivity index (χ3v) is 4.28. The van der Waals surface area contributed by atoms with Gasteiger partial charge in [-0.05, 0) is 49.9 Å². The highest BCUT2D eigenvalue weighted by atomic mass is 19.2. The molecule has 0 fully saturated rings. The summed E-state index contributed by atoms with van der Waals surface area (Å²) in [4.78, 5) is 13.3. The van der Waals surface area contributed by atoms with E-state index < -0.39 is 23.7 Å². The Hall–Kier alpha value is -2.51. The van der Waals surface area contributed by atoms with Crippen LogP contribution in [-0.2, 0) is 4.74 Å². The fourth-order valence-electron chi connectivity index (χ4n) is 2.59. The van der Waals surface area contributed by atoms with Gasteiger partial charge in [0, 0.05) is 12.6 Å². The van der Waals surface area contributed by atoms with E-state index in [1.807, 2.05) is 11.8 Å². The molecule has 0 aliphatic carbocycles. The zero-order chi connectivity index (χ0) is 20.0. The van der Waals surface area contributed by atoms with Crippen molar-refractivity contribution < 1.29 is 28.2 Å². The van der Waals surface area contributed by atoms with Crippen LogP contribution in [0.15, 0.2) is 42.5 Å². The molecule has 27 heavy (non-hydrogen) atoms. The van der Waals surface area contributed by atoms with Crippen LogP contribution in [0, 0.1) is 11.6 Å². The summed E-state index contributed by atoms with van der Waals surface area (Å²) in [5, 5.41) is 10.2. The molecular weight excluding hydrogens is 356 g/mol. The number of nitrogens with zero attached hydrogens (tertiary/aromatic N) is 1. The predicted octanol–water partition coefficient (Wildman–Crippen LogP) is 3.18. The van der Waals surface area contributed by atoms with Gasteiger partial charge in [0.25, 0.3) is 0 Å². The first-order valence-electron chi connectivity index (χ1n) is 8.46. The number of likely N-dealkylation sites (N-methyl/N-ethyl adjacent to an activating group) is 1. The van der Waals surface area contributed by atoms with Gasteiger partial charge in [0.05, 0.1) is 12.7 Å². The number of hydrogen-bond donors (Lipinski definition) is 1. The summed E-state index contributed by atoms with van der Waals surface area (Å²) >= 11 is 0. The molecule has 0 aliphatic heterocycles. The molecule has 0 radical (unpaired) electrons. The second-order valence-electron chi connectivity index (χ2n) is 6.27. The van der Waals surface area contributed by atoms with Gasteiger partial charge >= 0.3 is 5.97 Å². The molecule has 146 valence electrons. The third-order valence-electron chi connectivity index (χ3n) is 4.28. The number of carbonyl (C=O) groups is 1. The molecule has 0 spiro atoms. The lowest BCUT2D eigenvalue weighted by molar-refractivity contribution is 0.0597. The lowest BCUT2D eigenvalue weighted by Gasteiger charge is -2.27. The van der Waals surface area contributed by atoms with Crippen molar-refractivity contribution in [2.45, 2.75) is 19.1 Å². The van der Waals surface area contributed by atoms with Crippen LogP contribution in [0.1, 0.15) is 28.9 Å². The first-order chi connectivity index (χ1) is 12.8. The van der Waals surface area contributed by atoms with Gasteiger partial charge in [-0.3, -0.25) is 4.90 Å². The monoisotopic (exact) mass is 379 g/mol. The molecule has 0 saturated heterocycles. The summed E-state index contributed by atoms with van der Waals surface area (Å²) in [6.45, 7) is 2.11. The number of esters is 1. The number of ether oxygens (including phenoxy) is 2. The number of aliphatic hydroxyl groups is 1. The van der Waals surface area contributed by atoms with Crippen molar-refractivity contribution >= 4 is 5.97 Å². The van der Waals surface area contributed by atoms with Crippen LogP contribution in [0.25, 0.3) is 0 Å². The molecule has 5 nitrogen and oxygen atoms in total. The van der Waals surface area contributed by atoms with E-state index in [0.717, 1.165) is 12.1 Å². The molecule has 0 bridgehead atoms. The molecule has 0 aliphatic rings. The van der Waals surface area contributed by atoms with E-state index in [0.29, 0.717) is 16.9 Å². The molecule has 2 unspecified atom stereocenters. The molecule has 0 aromatic heterocycles. The quantitative estimate of drug-likeness (QED) is 0.714. The fraction of sp³-hybridized carbons (Fsp3) is 0.350. The van der Waals surface area contributed by atoms with Crippen LogP contribution < -0.4 is 4.74 Å². The molecule has 0 saturated carbocycles. The smallest absolute Gasteiger partial charge is 0.337 e. The maximum atomic E-state index is 13.4. The van der Waals surface area contributed by atoms with E-state index in [2.05, 4.69) is 4.74 Å². The van der Waals surface area contributed by atoms with Gasteiger partial charge in [0.2, 0.25) is 0 Å². The van der Waals surface area contributed by atoms with Gasteiger partial charge in [0.15, 0.2) is 11.6 Å². The third kappa shape index (κ3) is 5.74. The number of methoxy groups -OCH3 is 1. The number of carbonyl (C=O) groups excluding carboxylic acids is 1. The predicted molar refractivity (Wildman–Crippen MR) is 96.7 cm³/mol. The number of aliphatic hydroxyl groups excluding tert-OH is 1. The Kier molecular flexibility index (Phi) is 7.27. The average Bonchev–Trinajstić information content (AvgIpc) is 2.67. The zero-order valence-corrected chi connectivity index (χ0v) is 15.5. The molecule has 2 atom stereocenters. The van der Waals surface area contributed by atoms with E-state index in [9.17, 15) is 18.7 Å². The van der Waals surface area contributed by atoms with Gasteiger partial charge in [-0.15, -0.1) is 0 Å². The maximum absolute atomic E-state index is 13.4. The average molecular weight is 379 g/mol. The molecule has 1 N–H and O–H groups in total. The zero-order valence-electron chi connectivity index (χ0n) is 15.5. The Morgan fingerprint density at radius 1 is 1.19 bits per heavy atom. The van der Waals surface area contributed by atoms with Crippen molar-refractivity contribution in [2.75, 3.05) is 27.3 Å². The Morgan fingerprint density at radius 3 is 2.59 bits per heavy atom. The SMILES string of the molecule is COC(=O)c1cccc(OCC(O)CN(C)C(C)c2ccc(F)c(F)c2)c1. The summed E-state index contributed by atoms with van der Waals surface area (Å²) in [7, 11) is 3.07. The van der Waals surface area contributed by atoms with Crippen LogP contribution in [0.4, 0.5) is 8.78 Å². The van der Waals surface area contributed by atoms with Crippen LogP contribution >= 0.6 is 0 Å². The molecule has 7 heteroatoms. The molecule has 2 rings (SSSR count). The maximum Gasteiger partial charge on any atom is 0.337 e. The highest BCUT2D eigenvalue weighted by molar-refractivity contribution is 5.89. The summed E-state index contributed by atoms with van der Waals surface area (Å²) in [5.74, 6) is -1.83. The molecule has 0 amide bonds. The van der Waals surface area contributed by atoms with E-state index in [1.54, 1.807) is 25.2 Å². The lowest BCUT2D eigenvalue weighted by atomic mass is 10.1. The van der Waals surface area contributed by atoms with Crippen molar-refractivity contribution in [1.82, 2.24) is 4.90 Å². The second kappa shape index (κ2) is 9.43. The van der Waals surface area contributed by atoms with Gasteiger partial charge in [-0.1, -0.05) is 12.1 Å². The normalized spacial score (nSPS) is 13.3. The summed E-state index contributed by atoms with van der Waals surface area (Å²) in [6, 6.07) is 10.00. The Labute approximate surface area is 157 Å². The molecular formula is C20H23F2NO4. The van der Waals surface area contributed by atoms with Crippen molar-refractivity contribution in [3.05, 3.63) is 65.2 Å². The highest BCUT2D eigenvalue weighted by Gasteiger charge is 2.17. The Bertz CT molecular complexity index is 784. The first-order valence-corrected chi connectivity index (χ1v) is 8.46. The standard InChI is InChI=1S/C20H23F2NO4/c1-13(14-7-8-18(21)19(22)10-14)23(2)11-16(24)12-27-17-6-4-5-15(9-17)20(25)26-3/h4-10,13,16,24H,11-12H2,1-3H3. The summed E-state index contributed by atoms with van der Waals surface area (Å²) in [5.41, 5.74) is 0.962. The fourth-order valence-corrected chi connectivity index (χ4v) is 2.59. The van der Waals surface area contributed by atoms with Crippen molar-refractivity contribution in [2.24, 2.45) is 0 Å². The Morgan fingerprint density at radius 2 is 1.93 bits per heavy atom. The number of hydrogen-bond acceptors (Lipinski definition) is 5. The van der Waals surface area contributed by atoms with Crippen LogP contribution in [-0.4, -0.2) is 49.4 Å². The van der Waals surface area contributed by atoms with Gasteiger partial charge in [0.1, 0.15) is 18.5 Å². The number of benzene rings is 2. The second-order valence-corrected chi connectivity index (χ2v) is 6.27. The Balaban J connectivity index is 1.90. The van der Waals surface area contributed by atoms with Gasteiger partial charge in [-0.2, -0.15) is 0 Å². The number of halogens is 2. The minimum Gasteiger partial charge on any atom is -0.491 e. The van der Waals surface area contributed by atoms with E-state index in [4.69, 9.17) is 4.74 Å². The van der Waals surface area contributed by atoms with Crippen molar-refractivity contribution in [3.8, 4) is 5.75 Å². The minimum absolute atomic E-state index is 0.0134. The van der Waals surface area contributed by atoms with Crippen molar-refractivity contribution in [3.63, 3.8) is 0 Å². The van der Waals surface area contributed by atoms with Crippen LogP contribution in [0.2, 0.25) is 0 Å². The summed E-state index contributed by atoms with van der Waals surface area (Å²) < 4.78 is 36.6. The van der Waals surface area contributed by atoms with E-state index >= 15 is 0 Å². The van der Waals surface area contributed by atoms with Gasteiger partial charge < -0.3 is 14.6 Å². The first kappa shape index (κ1) is 20.8. The van der Waals surface area contributed by atoms with Crippen LogP contribution in [0.3, 0.4) is 0 Å². The molecule has 2 aromatic rings. The van der Waals surface area contributed by atoms with Gasteiger partial charge in [-0.25, -0.2) is 13.6 Å². The van der Waals surface area contributed by atoms with E-state index in [1.165, 1.54) is 19.2 Å². The largest absolute Gasteiger partial charge is 0.491 e. The minimum atomic E-state index is -0.901. The topological polar surface area (TPSA) is 59.0 Å². The van der Waals surface area contributed by atoms with E-state index in [-0.39, 0.29) is 19.2 Å². The molecule has 0 heterocycles. The highest BCUT2D eigenvalue weighted by Crippen LogP contribution is 2.21.